The van der Waals surface area contributed by atoms with Crippen molar-refractivity contribution in [1.82, 2.24) is 0 Å². The van der Waals surface area contributed by atoms with E-state index in [2.05, 4.69) is 16.7 Å². The summed E-state index contributed by atoms with van der Waals surface area (Å²) in [6, 6.07) is 9.12. The first kappa shape index (κ1) is 17.1. The van der Waals surface area contributed by atoms with Gasteiger partial charge in [-0.3, -0.25) is 9.59 Å². The Morgan fingerprint density at radius 3 is 2.70 bits per heavy atom. The quantitative estimate of drug-likeness (QED) is 0.709. The standard InChI is InChI=1S/C21H20N2O4/c1-10-7-11(2)18-12(3)19(27-17(18)8-10)21(25)22-14-5-6-16-15(9-14)23-20(24)13(4)26-16/h5-9,13H,1-4H3,(H,22,25)(H,23,24)/t13-/m1/s1. The van der Waals surface area contributed by atoms with Crippen LogP contribution in [0.25, 0.3) is 11.0 Å². The van der Waals surface area contributed by atoms with Gasteiger partial charge in [-0.15, -0.1) is 0 Å². The van der Waals surface area contributed by atoms with Crippen LogP contribution in [0.1, 0.15) is 34.2 Å². The molecular formula is C21H20N2O4. The van der Waals surface area contributed by atoms with Gasteiger partial charge in [-0.25, -0.2) is 0 Å². The molecule has 0 saturated carbocycles. The fraction of sp³-hybridized carbons (Fsp3) is 0.238. The van der Waals surface area contributed by atoms with E-state index in [0.29, 0.717) is 22.7 Å². The van der Waals surface area contributed by atoms with Gasteiger partial charge >= 0.3 is 0 Å². The van der Waals surface area contributed by atoms with Gasteiger partial charge in [0.05, 0.1) is 5.69 Å². The van der Waals surface area contributed by atoms with Crippen LogP contribution in [0.3, 0.4) is 0 Å². The molecule has 4 rings (SSSR count). The van der Waals surface area contributed by atoms with Gasteiger partial charge in [0.15, 0.2) is 11.9 Å². The molecule has 1 aromatic heterocycles. The topological polar surface area (TPSA) is 80.6 Å². The molecule has 0 fully saturated rings. The van der Waals surface area contributed by atoms with Crippen LogP contribution in [0.4, 0.5) is 11.4 Å². The number of rotatable bonds is 2. The minimum Gasteiger partial charge on any atom is -0.479 e. The Balaban J connectivity index is 1.64. The smallest absolute Gasteiger partial charge is 0.291 e. The maximum atomic E-state index is 12.8. The number of hydrogen-bond donors (Lipinski definition) is 2. The number of hydrogen-bond acceptors (Lipinski definition) is 4. The summed E-state index contributed by atoms with van der Waals surface area (Å²) < 4.78 is 11.4. The summed E-state index contributed by atoms with van der Waals surface area (Å²) >= 11 is 0. The third-order valence-electron chi connectivity index (χ3n) is 4.75. The molecule has 1 aliphatic heterocycles. The van der Waals surface area contributed by atoms with Gasteiger partial charge in [0, 0.05) is 16.6 Å². The monoisotopic (exact) mass is 364 g/mol. The normalized spacial score (nSPS) is 15.9. The summed E-state index contributed by atoms with van der Waals surface area (Å²) in [6.07, 6.45) is -0.539. The van der Waals surface area contributed by atoms with E-state index in [1.54, 1.807) is 25.1 Å². The summed E-state index contributed by atoms with van der Waals surface area (Å²) in [7, 11) is 0. The Kier molecular flexibility index (Phi) is 3.91. The van der Waals surface area contributed by atoms with Crippen LogP contribution in [-0.2, 0) is 4.79 Å². The van der Waals surface area contributed by atoms with E-state index >= 15 is 0 Å². The van der Waals surface area contributed by atoms with E-state index in [1.165, 1.54) is 0 Å². The van der Waals surface area contributed by atoms with E-state index in [4.69, 9.17) is 9.15 Å². The summed E-state index contributed by atoms with van der Waals surface area (Å²) in [6.45, 7) is 7.56. The van der Waals surface area contributed by atoms with Gasteiger partial charge < -0.3 is 19.8 Å². The van der Waals surface area contributed by atoms with Gasteiger partial charge in [-0.1, -0.05) is 6.07 Å². The molecular weight excluding hydrogens is 344 g/mol. The van der Waals surface area contributed by atoms with E-state index in [0.717, 1.165) is 22.1 Å². The third-order valence-corrected chi connectivity index (χ3v) is 4.75. The Morgan fingerprint density at radius 2 is 1.93 bits per heavy atom. The van der Waals surface area contributed by atoms with E-state index in [-0.39, 0.29) is 17.6 Å². The first-order chi connectivity index (χ1) is 12.8. The van der Waals surface area contributed by atoms with Crippen molar-refractivity contribution in [2.75, 3.05) is 10.6 Å². The number of anilines is 2. The van der Waals surface area contributed by atoms with Gasteiger partial charge in [-0.05, 0) is 63.1 Å². The summed E-state index contributed by atoms with van der Waals surface area (Å²) in [5.41, 5.74) is 4.75. The molecule has 0 unspecified atom stereocenters. The molecule has 6 nitrogen and oxygen atoms in total. The Labute approximate surface area is 156 Å². The van der Waals surface area contributed by atoms with E-state index < -0.39 is 6.10 Å². The van der Waals surface area contributed by atoms with Crippen LogP contribution in [0.15, 0.2) is 34.7 Å². The average molecular weight is 364 g/mol. The number of amides is 2. The lowest BCUT2D eigenvalue weighted by Crippen LogP contribution is -2.34. The van der Waals surface area contributed by atoms with Crippen LogP contribution in [0.2, 0.25) is 0 Å². The first-order valence-corrected chi connectivity index (χ1v) is 8.77. The number of ether oxygens (including phenoxy) is 1. The maximum absolute atomic E-state index is 12.8. The molecule has 1 aliphatic rings. The predicted octanol–water partition coefficient (Wildman–Crippen LogP) is 4.33. The summed E-state index contributed by atoms with van der Waals surface area (Å²) in [4.78, 5) is 24.5. The molecule has 6 heteroatoms. The molecule has 2 N–H and O–H groups in total. The lowest BCUT2D eigenvalue weighted by molar-refractivity contribution is -0.122. The molecule has 0 bridgehead atoms. The number of benzene rings is 2. The molecule has 3 aromatic rings. The number of furan rings is 1. The van der Waals surface area contributed by atoms with Crippen molar-refractivity contribution in [1.29, 1.82) is 0 Å². The van der Waals surface area contributed by atoms with Crippen LogP contribution >= 0.6 is 0 Å². The van der Waals surface area contributed by atoms with E-state index in [9.17, 15) is 9.59 Å². The second kappa shape index (κ2) is 6.16. The molecule has 0 radical (unpaired) electrons. The van der Waals surface area contributed by atoms with E-state index in [1.807, 2.05) is 26.8 Å². The molecule has 2 heterocycles. The minimum absolute atomic E-state index is 0.218. The lowest BCUT2D eigenvalue weighted by atomic mass is 10.0. The van der Waals surface area contributed by atoms with Crippen molar-refractivity contribution in [3.63, 3.8) is 0 Å². The van der Waals surface area contributed by atoms with Crippen LogP contribution in [-0.4, -0.2) is 17.9 Å². The van der Waals surface area contributed by atoms with Crippen molar-refractivity contribution < 1.29 is 18.7 Å². The largest absolute Gasteiger partial charge is 0.479 e. The number of fused-ring (bicyclic) bond motifs is 2. The molecule has 27 heavy (non-hydrogen) atoms. The van der Waals surface area contributed by atoms with Crippen molar-refractivity contribution in [2.24, 2.45) is 0 Å². The van der Waals surface area contributed by atoms with Crippen molar-refractivity contribution in [2.45, 2.75) is 33.8 Å². The number of aryl methyl sites for hydroxylation is 3. The highest BCUT2D eigenvalue weighted by Gasteiger charge is 2.24. The fourth-order valence-electron chi connectivity index (χ4n) is 3.48. The number of carbonyl (C=O) groups is 2. The summed E-state index contributed by atoms with van der Waals surface area (Å²) in [5, 5.41) is 6.57. The Bertz CT molecular complexity index is 1100. The van der Waals surface area contributed by atoms with Gasteiger partial charge in [-0.2, -0.15) is 0 Å². The average Bonchev–Trinajstić information content (AvgIpc) is 2.93. The SMILES string of the molecule is Cc1cc(C)c2c(C)c(C(=O)Nc3ccc4c(c3)NC(=O)[C@@H](C)O4)oc2c1. The highest BCUT2D eigenvalue weighted by molar-refractivity contribution is 6.07. The van der Waals surface area contributed by atoms with Crippen molar-refractivity contribution >= 4 is 34.2 Å². The molecule has 1 atom stereocenters. The van der Waals surface area contributed by atoms with Crippen LogP contribution in [0, 0.1) is 20.8 Å². The number of carbonyl (C=O) groups excluding carboxylic acids is 2. The van der Waals surface area contributed by atoms with Crippen molar-refractivity contribution in [3.05, 3.63) is 52.8 Å². The minimum atomic E-state index is -0.539. The molecule has 0 aliphatic carbocycles. The van der Waals surface area contributed by atoms with Gasteiger partial charge in [0.25, 0.3) is 11.8 Å². The number of nitrogens with one attached hydrogen (secondary N) is 2. The molecule has 138 valence electrons. The Morgan fingerprint density at radius 1 is 1.15 bits per heavy atom. The molecule has 2 amide bonds. The third kappa shape index (κ3) is 2.93. The van der Waals surface area contributed by atoms with Crippen molar-refractivity contribution in [3.8, 4) is 5.75 Å². The fourth-order valence-corrected chi connectivity index (χ4v) is 3.48. The second-order valence-electron chi connectivity index (χ2n) is 6.93. The van der Waals surface area contributed by atoms with Gasteiger partial charge in [0.1, 0.15) is 11.3 Å². The maximum Gasteiger partial charge on any atom is 0.291 e. The predicted molar refractivity (Wildman–Crippen MR) is 104 cm³/mol. The first-order valence-electron chi connectivity index (χ1n) is 8.77. The zero-order valence-corrected chi connectivity index (χ0v) is 15.6. The molecule has 2 aromatic carbocycles. The Hall–Kier alpha value is -3.28. The second-order valence-corrected chi connectivity index (χ2v) is 6.93. The zero-order chi connectivity index (χ0) is 19.3. The highest BCUT2D eigenvalue weighted by Crippen LogP contribution is 2.33. The molecule has 0 saturated heterocycles. The summed E-state index contributed by atoms with van der Waals surface area (Å²) in [5.74, 6) is 0.304. The lowest BCUT2D eigenvalue weighted by Gasteiger charge is -2.23. The van der Waals surface area contributed by atoms with Crippen LogP contribution in [0.5, 0.6) is 5.75 Å². The van der Waals surface area contributed by atoms with Crippen LogP contribution < -0.4 is 15.4 Å². The highest BCUT2D eigenvalue weighted by atomic mass is 16.5. The zero-order valence-electron chi connectivity index (χ0n) is 15.6. The van der Waals surface area contributed by atoms with Gasteiger partial charge in [0.2, 0.25) is 0 Å². The molecule has 0 spiro atoms.